The monoisotopic (exact) mass is 533 g/mol. The van der Waals surface area contributed by atoms with Gasteiger partial charge in [-0.1, -0.05) is 23.7 Å². The number of nitrogens with zero attached hydrogens (tertiary/aromatic N) is 2. The van der Waals surface area contributed by atoms with E-state index in [1.165, 1.54) is 18.5 Å². The number of rotatable bonds is 10. The molecule has 1 saturated carbocycles. The minimum absolute atomic E-state index is 0.0163. The number of hydrogen-bond acceptors (Lipinski definition) is 6. The van der Waals surface area contributed by atoms with Gasteiger partial charge in [-0.05, 0) is 66.9 Å². The summed E-state index contributed by atoms with van der Waals surface area (Å²) in [4.78, 5) is 32.8. The predicted molar refractivity (Wildman–Crippen MR) is 144 cm³/mol. The Hall–Kier alpha value is -4.24. The van der Waals surface area contributed by atoms with Crippen LogP contribution in [0.15, 0.2) is 67.0 Å². The number of nitrogens with one attached hydrogen (secondary N) is 3. The molecule has 0 atom stereocenters. The Kier molecular flexibility index (Phi) is 7.65. The van der Waals surface area contributed by atoms with Crippen LogP contribution in [0.3, 0.4) is 0 Å². The maximum atomic E-state index is 13.4. The molecule has 3 aromatic carbocycles. The summed E-state index contributed by atoms with van der Waals surface area (Å²) < 4.78 is 19.1. The van der Waals surface area contributed by atoms with E-state index >= 15 is 0 Å². The molecule has 0 bridgehead atoms. The van der Waals surface area contributed by atoms with E-state index in [0.717, 1.165) is 12.8 Å². The number of ether oxygens (including phenoxy) is 1. The summed E-state index contributed by atoms with van der Waals surface area (Å²) in [5.41, 5.74) is 2.65. The highest BCUT2D eigenvalue weighted by Crippen LogP contribution is 2.32. The lowest BCUT2D eigenvalue weighted by molar-refractivity contribution is -0.122. The van der Waals surface area contributed by atoms with Crippen molar-refractivity contribution in [3.8, 4) is 5.75 Å². The molecule has 194 valence electrons. The number of benzene rings is 3. The fraction of sp³-hybridized carbons (Fsp3) is 0.214. The van der Waals surface area contributed by atoms with Gasteiger partial charge in [0.15, 0.2) is 0 Å². The van der Waals surface area contributed by atoms with Gasteiger partial charge in [-0.15, -0.1) is 0 Å². The van der Waals surface area contributed by atoms with Gasteiger partial charge in [0.05, 0.1) is 10.5 Å². The minimum atomic E-state index is -0.325. The predicted octanol–water partition coefficient (Wildman–Crippen LogP) is 5.60. The van der Waals surface area contributed by atoms with E-state index in [1.54, 1.807) is 48.5 Å². The van der Waals surface area contributed by atoms with Gasteiger partial charge in [0.1, 0.15) is 30.3 Å². The average molecular weight is 534 g/mol. The molecule has 10 heteroatoms. The Morgan fingerprint density at radius 3 is 2.66 bits per heavy atom. The van der Waals surface area contributed by atoms with Crippen LogP contribution in [0.1, 0.15) is 24.8 Å². The van der Waals surface area contributed by atoms with Crippen molar-refractivity contribution in [2.45, 2.75) is 25.9 Å². The smallest absolute Gasteiger partial charge is 0.226 e. The van der Waals surface area contributed by atoms with Crippen molar-refractivity contribution in [1.82, 2.24) is 15.3 Å². The second kappa shape index (κ2) is 11.4. The van der Waals surface area contributed by atoms with Crippen molar-refractivity contribution in [3.63, 3.8) is 0 Å². The molecule has 2 amide bonds. The molecule has 0 aliphatic heterocycles. The van der Waals surface area contributed by atoms with Gasteiger partial charge >= 0.3 is 0 Å². The molecule has 4 aromatic rings. The van der Waals surface area contributed by atoms with Crippen molar-refractivity contribution in [3.05, 3.63) is 83.4 Å². The standard InChI is InChI=1S/C28H25ClFN5O3/c29-23-14-21(7-9-25(23)38-15-17-2-1-3-19(30)12-17)35-27-22-13-20(6-8-24(22)32-16-33-27)34-26(36)10-11-31-28(37)18-4-5-18/h1-3,6-9,12-14,16,18H,4-5,10-11,15H2,(H,31,37)(H,34,36)(H,32,33,35). The van der Waals surface area contributed by atoms with Gasteiger partial charge in [0.25, 0.3) is 0 Å². The molecule has 8 nitrogen and oxygen atoms in total. The molecule has 0 saturated heterocycles. The zero-order chi connectivity index (χ0) is 26.5. The third-order valence-electron chi connectivity index (χ3n) is 6.00. The fourth-order valence-electron chi connectivity index (χ4n) is 3.87. The van der Waals surface area contributed by atoms with Gasteiger partial charge < -0.3 is 20.7 Å². The molecule has 1 aliphatic rings. The number of halogens is 2. The first-order valence-electron chi connectivity index (χ1n) is 12.2. The van der Waals surface area contributed by atoms with E-state index in [4.69, 9.17) is 16.3 Å². The summed E-state index contributed by atoms with van der Waals surface area (Å²) in [7, 11) is 0. The van der Waals surface area contributed by atoms with Crippen LogP contribution in [0, 0.1) is 11.7 Å². The summed E-state index contributed by atoms with van der Waals surface area (Å²) in [5, 5.41) is 9.97. The summed E-state index contributed by atoms with van der Waals surface area (Å²) in [6.45, 7) is 0.482. The first-order valence-corrected chi connectivity index (χ1v) is 12.6. The number of carbonyl (C=O) groups excluding carboxylic acids is 2. The highest BCUT2D eigenvalue weighted by Gasteiger charge is 2.29. The van der Waals surface area contributed by atoms with Crippen molar-refractivity contribution < 1.29 is 18.7 Å². The number of aromatic nitrogens is 2. The Balaban J connectivity index is 1.23. The molecule has 0 radical (unpaired) electrons. The summed E-state index contributed by atoms with van der Waals surface area (Å²) >= 11 is 6.43. The van der Waals surface area contributed by atoms with Gasteiger partial charge in [0.2, 0.25) is 11.8 Å². The highest BCUT2D eigenvalue weighted by atomic mass is 35.5. The number of hydrogen-bond donors (Lipinski definition) is 3. The average Bonchev–Trinajstić information content (AvgIpc) is 3.74. The Labute approximate surface area is 223 Å². The van der Waals surface area contributed by atoms with Crippen LogP contribution in [0.5, 0.6) is 5.75 Å². The van der Waals surface area contributed by atoms with Crippen molar-refractivity contribution in [2.24, 2.45) is 5.92 Å². The van der Waals surface area contributed by atoms with E-state index in [2.05, 4.69) is 25.9 Å². The zero-order valence-corrected chi connectivity index (χ0v) is 21.1. The SMILES string of the molecule is O=C(CCNC(=O)C1CC1)Nc1ccc2ncnc(Nc3ccc(OCc4cccc(F)c4)c(Cl)c3)c2c1. The quantitative estimate of drug-likeness (QED) is 0.245. The molecule has 1 aromatic heterocycles. The first kappa shape index (κ1) is 25.4. The second-order valence-electron chi connectivity index (χ2n) is 9.01. The lowest BCUT2D eigenvalue weighted by atomic mass is 10.2. The normalized spacial score (nSPS) is 12.7. The van der Waals surface area contributed by atoms with E-state index in [9.17, 15) is 14.0 Å². The molecule has 5 rings (SSSR count). The molecule has 0 unspecified atom stereocenters. The highest BCUT2D eigenvalue weighted by molar-refractivity contribution is 6.32. The summed E-state index contributed by atoms with van der Waals surface area (Å²) in [6, 6.07) is 16.8. The van der Waals surface area contributed by atoms with Crippen LogP contribution < -0.4 is 20.7 Å². The summed E-state index contributed by atoms with van der Waals surface area (Å²) in [6.07, 6.45) is 3.48. The van der Waals surface area contributed by atoms with Crippen LogP contribution in [0.25, 0.3) is 10.9 Å². The zero-order valence-electron chi connectivity index (χ0n) is 20.3. The Morgan fingerprint density at radius 1 is 1.03 bits per heavy atom. The maximum Gasteiger partial charge on any atom is 0.226 e. The third-order valence-corrected chi connectivity index (χ3v) is 6.29. The Bertz CT molecular complexity index is 1490. The lowest BCUT2D eigenvalue weighted by Gasteiger charge is -2.13. The van der Waals surface area contributed by atoms with Crippen molar-refractivity contribution in [2.75, 3.05) is 17.2 Å². The van der Waals surface area contributed by atoms with E-state index in [-0.39, 0.29) is 36.6 Å². The Morgan fingerprint density at radius 2 is 1.87 bits per heavy atom. The van der Waals surface area contributed by atoms with Gasteiger partial charge in [-0.25, -0.2) is 14.4 Å². The van der Waals surface area contributed by atoms with E-state index in [0.29, 0.717) is 51.0 Å². The molecule has 1 fully saturated rings. The molecule has 38 heavy (non-hydrogen) atoms. The topological polar surface area (TPSA) is 105 Å². The van der Waals surface area contributed by atoms with Crippen molar-refractivity contribution >= 4 is 51.5 Å². The fourth-order valence-corrected chi connectivity index (χ4v) is 4.10. The van der Waals surface area contributed by atoms with Crippen molar-refractivity contribution in [1.29, 1.82) is 0 Å². The molecule has 1 heterocycles. The number of fused-ring (bicyclic) bond motifs is 1. The molecular formula is C28H25ClFN5O3. The minimum Gasteiger partial charge on any atom is -0.487 e. The van der Waals surface area contributed by atoms with Gasteiger partial charge in [0, 0.05) is 35.6 Å². The van der Waals surface area contributed by atoms with Crippen LogP contribution >= 0.6 is 11.6 Å². The lowest BCUT2D eigenvalue weighted by Crippen LogP contribution is -2.28. The molecular weight excluding hydrogens is 509 g/mol. The molecule has 0 spiro atoms. The first-order chi connectivity index (χ1) is 18.4. The van der Waals surface area contributed by atoms with Crippen LogP contribution in [-0.4, -0.2) is 28.3 Å². The second-order valence-corrected chi connectivity index (χ2v) is 9.41. The van der Waals surface area contributed by atoms with E-state index < -0.39 is 0 Å². The van der Waals surface area contributed by atoms with Crippen LogP contribution in [0.4, 0.5) is 21.6 Å². The van der Waals surface area contributed by atoms with Gasteiger partial charge in [-0.3, -0.25) is 9.59 Å². The van der Waals surface area contributed by atoms with Crippen LogP contribution in [-0.2, 0) is 16.2 Å². The summed E-state index contributed by atoms with van der Waals surface area (Å²) in [5.74, 6) is 0.604. The molecule has 1 aliphatic carbocycles. The third kappa shape index (κ3) is 6.54. The molecule has 3 N–H and O–H groups in total. The number of anilines is 3. The number of amides is 2. The van der Waals surface area contributed by atoms with E-state index in [1.807, 2.05) is 0 Å². The largest absolute Gasteiger partial charge is 0.487 e. The van der Waals surface area contributed by atoms with Gasteiger partial charge in [-0.2, -0.15) is 0 Å². The maximum absolute atomic E-state index is 13.4. The van der Waals surface area contributed by atoms with Crippen LogP contribution in [0.2, 0.25) is 5.02 Å². The number of carbonyl (C=O) groups is 2.